The van der Waals surface area contributed by atoms with E-state index in [-0.39, 0.29) is 25.3 Å². The van der Waals surface area contributed by atoms with E-state index >= 15 is 0 Å². The molecule has 0 aliphatic heterocycles. The fourth-order valence-electron chi connectivity index (χ4n) is 1.27. The van der Waals surface area contributed by atoms with Crippen LogP contribution in [-0.2, 0) is 9.59 Å². The highest BCUT2D eigenvalue weighted by atomic mass is 16.4. The van der Waals surface area contributed by atoms with Crippen molar-refractivity contribution in [1.82, 2.24) is 5.32 Å². The molecule has 0 aromatic rings. The van der Waals surface area contributed by atoms with Gasteiger partial charge in [-0.3, -0.25) is 9.59 Å². The zero-order valence-electron chi connectivity index (χ0n) is 9.56. The Morgan fingerprint density at radius 3 is 2.31 bits per heavy atom. The first-order valence-electron chi connectivity index (χ1n) is 5.04. The van der Waals surface area contributed by atoms with Gasteiger partial charge in [-0.15, -0.1) is 0 Å². The molecule has 1 amide bonds. The highest BCUT2D eigenvalue weighted by Crippen LogP contribution is 2.24. The van der Waals surface area contributed by atoms with Gasteiger partial charge in [0.1, 0.15) is 0 Å². The van der Waals surface area contributed by atoms with Gasteiger partial charge in [-0.05, 0) is 5.41 Å². The van der Waals surface area contributed by atoms with Gasteiger partial charge in [0.15, 0.2) is 0 Å². The summed E-state index contributed by atoms with van der Waals surface area (Å²) < 4.78 is 0. The van der Waals surface area contributed by atoms with Gasteiger partial charge < -0.3 is 20.6 Å². The Bertz CT molecular complexity index is 252. The van der Waals surface area contributed by atoms with E-state index in [2.05, 4.69) is 5.32 Å². The smallest absolute Gasteiger partial charge is 0.303 e. The molecule has 0 heterocycles. The number of carboxylic acid groups (broad SMARTS) is 1. The Morgan fingerprint density at radius 1 is 1.31 bits per heavy atom. The third kappa shape index (κ3) is 7.19. The maximum atomic E-state index is 11.4. The number of rotatable bonds is 7. The second kappa shape index (κ2) is 6.44. The van der Waals surface area contributed by atoms with Crippen LogP contribution in [0.25, 0.3) is 0 Å². The average Bonchev–Trinajstić information content (AvgIpc) is 2.11. The topological polar surface area (TPSA) is 107 Å². The quantitative estimate of drug-likeness (QED) is 0.467. The van der Waals surface area contributed by atoms with Gasteiger partial charge in [0.25, 0.3) is 0 Å². The summed E-state index contributed by atoms with van der Waals surface area (Å²) in [6.07, 6.45) is -1.01. The summed E-state index contributed by atoms with van der Waals surface area (Å²) in [4.78, 5) is 21.9. The lowest BCUT2D eigenvalue weighted by molar-refractivity contribution is -0.139. The van der Waals surface area contributed by atoms with Crippen molar-refractivity contribution in [3.8, 4) is 0 Å². The molecular formula is C10H19NO5. The Hall–Kier alpha value is -1.14. The van der Waals surface area contributed by atoms with E-state index in [0.717, 1.165) is 0 Å². The third-order valence-corrected chi connectivity index (χ3v) is 2.01. The molecule has 0 aliphatic carbocycles. The number of hydrogen-bond acceptors (Lipinski definition) is 4. The number of carboxylic acids is 1. The van der Waals surface area contributed by atoms with Gasteiger partial charge in [0, 0.05) is 13.0 Å². The zero-order valence-corrected chi connectivity index (χ0v) is 9.56. The summed E-state index contributed by atoms with van der Waals surface area (Å²) in [6, 6.07) is 0. The van der Waals surface area contributed by atoms with E-state index in [1.807, 2.05) is 0 Å². The number of nitrogens with one attached hydrogen (secondary N) is 1. The largest absolute Gasteiger partial charge is 0.481 e. The number of carbonyl (C=O) groups excluding carboxylic acids is 1. The molecule has 6 nitrogen and oxygen atoms in total. The predicted molar refractivity (Wildman–Crippen MR) is 56.8 cm³/mol. The van der Waals surface area contributed by atoms with Gasteiger partial charge >= 0.3 is 5.97 Å². The molecule has 0 fully saturated rings. The van der Waals surface area contributed by atoms with Crippen molar-refractivity contribution in [1.29, 1.82) is 0 Å². The molecule has 94 valence electrons. The van der Waals surface area contributed by atoms with Gasteiger partial charge in [0.2, 0.25) is 5.91 Å². The van der Waals surface area contributed by atoms with Crippen LogP contribution < -0.4 is 5.32 Å². The lowest BCUT2D eigenvalue weighted by Crippen LogP contribution is -2.36. The third-order valence-electron chi connectivity index (χ3n) is 2.01. The number of aliphatic carboxylic acids is 1. The number of carbonyl (C=O) groups is 2. The van der Waals surface area contributed by atoms with E-state index in [1.54, 1.807) is 13.8 Å². The fourth-order valence-corrected chi connectivity index (χ4v) is 1.27. The Kier molecular flexibility index (Phi) is 5.98. The summed E-state index contributed by atoms with van der Waals surface area (Å²) in [6.45, 7) is 2.92. The average molecular weight is 233 g/mol. The summed E-state index contributed by atoms with van der Waals surface area (Å²) in [5, 5.41) is 28.5. The SMILES string of the molecule is CC(C)(CC(=O)O)CC(=O)NCC(O)CO. The molecule has 0 spiro atoms. The first-order valence-corrected chi connectivity index (χ1v) is 5.04. The van der Waals surface area contributed by atoms with E-state index < -0.39 is 24.1 Å². The molecule has 1 atom stereocenters. The molecule has 16 heavy (non-hydrogen) atoms. The molecule has 0 saturated carbocycles. The van der Waals surface area contributed by atoms with Crippen molar-refractivity contribution >= 4 is 11.9 Å². The van der Waals surface area contributed by atoms with Crippen LogP contribution in [0.2, 0.25) is 0 Å². The molecule has 0 aromatic carbocycles. The van der Waals surface area contributed by atoms with Gasteiger partial charge in [0.05, 0.1) is 19.1 Å². The maximum Gasteiger partial charge on any atom is 0.303 e. The van der Waals surface area contributed by atoms with Crippen LogP contribution in [0.3, 0.4) is 0 Å². The zero-order chi connectivity index (χ0) is 12.8. The van der Waals surface area contributed by atoms with E-state index in [0.29, 0.717) is 0 Å². The van der Waals surface area contributed by atoms with Crippen molar-refractivity contribution in [2.75, 3.05) is 13.2 Å². The van der Waals surface area contributed by atoms with E-state index in [9.17, 15) is 9.59 Å². The number of hydrogen-bond donors (Lipinski definition) is 4. The number of amides is 1. The van der Waals surface area contributed by atoms with Crippen molar-refractivity contribution < 1.29 is 24.9 Å². The molecule has 0 rings (SSSR count). The molecule has 0 aliphatic rings. The Balaban J connectivity index is 3.98. The molecular weight excluding hydrogens is 214 g/mol. The lowest BCUT2D eigenvalue weighted by atomic mass is 9.85. The van der Waals surface area contributed by atoms with Gasteiger partial charge in [-0.2, -0.15) is 0 Å². The van der Waals surface area contributed by atoms with Crippen LogP contribution in [0.4, 0.5) is 0 Å². The van der Waals surface area contributed by atoms with Crippen molar-refractivity contribution in [3.05, 3.63) is 0 Å². The van der Waals surface area contributed by atoms with Crippen LogP contribution in [-0.4, -0.2) is 46.5 Å². The minimum Gasteiger partial charge on any atom is -0.481 e. The number of aliphatic hydroxyl groups is 2. The molecule has 0 saturated heterocycles. The van der Waals surface area contributed by atoms with Crippen LogP contribution in [0.1, 0.15) is 26.7 Å². The van der Waals surface area contributed by atoms with Gasteiger partial charge in [-0.1, -0.05) is 13.8 Å². The summed E-state index contributed by atoms with van der Waals surface area (Å²) in [5.41, 5.74) is -0.625. The van der Waals surface area contributed by atoms with Crippen molar-refractivity contribution in [3.63, 3.8) is 0 Å². The first kappa shape index (κ1) is 14.9. The highest BCUT2D eigenvalue weighted by molar-refractivity contribution is 5.77. The van der Waals surface area contributed by atoms with Crippen LogP contribution in [0.15, 0.2) is 0 Å². The standard InChI is InChI=1S/C10H19NO5/c1-10(2,4-9(15)16)3-8(14)11-5-7(13)6-12/h7,12-13H,3-6H2,1-2H3,(H,11,14)(H,15,16). The molecule has 1 unspecified atom stereocenters. The highest BCUT2D eigenvalue weighted by Gasteiger charge is 2.25. The molecule has 4 N–H and O–H groups in total. The van der Waals surface area contributed by atoms with Crippen molar-refractivity contribution in [2.24, 2.45) is 5.41 Å². The second-order valence-electron chi connectivity index (χ2n) is 4.55. The van der Waals surface area contributed by atoms with Crippen molar-refractivity contribution in [2.45, 2.75) is 32.8 Å². The monoisotopic (exact) mass is 233 g/mol. The van der Waals surface area contributed by atoms with Crippen LogP contribution in [0, 0.1) is 5.41 Å². The predicted octanol–water partition coefficient (Wildman–Crippen LogP) is -0.653. The van der Waals surface area contributed by atoms with Crippen LogP contribution >= 0.6 is 0 Å². The first-order chi connectivity index (χ1) is 7.26. The Morgan fingerprint density at radius 2 is 1.88 bits per heavy atom. The molecule has 0 bridgehead atoms. The minimum atomic E-state index is -0.980. The maximum absolute atomic E-state index is 11.4. The van der Waals surface area contributed by atoms with E-state index in [1.165, 1.54) is 0 Å². The molecule has 6 heteroatoms. The minimum absolute atomic E-state index is 0.0293. The second-order valence-corrected chi connectivity index (χ2v) is 4.55. The summed E-state index contributed by atoms with van der Waals surface area (Å²) >= 11 is 0. The summed E-state index contributed by atoms with van der Waals surface area (Å²) in [7, 11) is 0. The molecule has 0 aromatic heterocycles. The lowest BCUT2D eigenvalue weighted by Gasteiger charge is -2.21. The van der Waals surface area contributed by atoms with E-state index in [4.69, 9.17) is 15.3 Å². The van der Waals surface area contributed by atoms with Gasteiger partial charge in [-0.25, -0.2) is 0 Å². The molecule has 0 radical (unpaired) electrons. The number of aliphatic hydroxyl groups excluding tert-OH is 2. The van der Waals surface area contributed by atoms with Crippen LogP contribution in [0.5, 0.6) is 0 Å². The fraction of sp³-hybridized carbons (Fsp3) is 0.800. The normalized spacial score (nSPS) is 13.2. The summed E-state index contributed by atoms with van der Waals surface area (Å²) in [5.74, 6) is -1.29. The Labute approximate surface area is 94.3 Å².